The van der Waals surface area contributed by atoms with Gasteiger partial charge in [-0.05, 0) is 18.6 Å². The van der Waals surface area contributed by atoms with Crippen LogP contribution >= 0.6 is 0 Å². The largest absolute Gasteiger partial charge is 0.357 e. The summed E-state index contributed by atoms with van der Waals surface area (Å²) in [6, 6.07) is 1.80. The summed E-state index contributed by atoms with van der Waals surface area (Å²) in [5, 5.41) is 0.900. The van der Waals surface area contributed by atoms with E-state index >= 15 is 0 Å². The Morgan fingerprint density at radius 3 is 3.09 bits per heavy atom. The van der Waals surface area contributed by atoms with Crippen LogP contribution in [0.25, 0.3) is 10.9 Å². The molecule has 2 aromatic rings. The Hall–Kier alpha value is -1.38. The number of aryl methyl sites for hydroxylation is 1. The average molecular weight is 150 g/mol. The standard InChI is InChI=1S/C8H7FN2/c1-5-4-11-7-6(5)2-3-10-8(7)9/h2-4,11H,1H3. The molecule has 1 N–H and O–H groups in total. The van der Waals surface area contributed by atoms with Gasteiger partial charge in [0.1, 0.15) is 5.52 Å². The summed E-state index contributed by atoms with van der Waals surface area (Å²) in [6.45, 7) is 1.93. The minimum Gasteiger partial charge on any atom is -0.357 e. The fourth-order valence-electron chi connectivity index (χ4n) is 1.16. The zero-order valence-electron chi connectivity index (χ0n) is 6.06. The normalized spacial score (nSPS) is 10.7. The van der Waals surface area contributed by atoms with E-state index in [2.05, 4.69) is 9.97 Å². The third kappa shape index (κ3) is 0.808. The third-order valence-corrected chi connectivity index (χ3v) is 1.76. The zero-order chi connectivity index (χ0) is 7.84. The second kappa shape index (κ2) is 2.05. The highest BCUT2D eigenvalue weighted by Gasteiger charge is 2.03. The Labute approximate surface area is 63.1 Å². The molecule has 2 rings (SSSR count). The third-order valence-electron chi connectivity index (χ3n) is 1.76. The fraction of sp³-hybridized carbons (Fsp3) is 0.125. The Morgan fingerprint density at radius 1 is 1.55 bits per heavy atom. The molecule has 3 heteroatoms. The molecule has 0 radical (unpaired) electrons. The fourth-order valence-corrected chi connectivity index (χ4v) is 1.16. The van der Waals surface area contributed by atoms with Crippen LogP contribution in [0.15, 0.2) is 18.5 Å². The van der Waals surface area contributed by atoms with Crippen LogP contribution < -0.4 is 0 Å². The van der Waals surface area contributed by atoms with Crippen molar-refractivity contribution in [3.63, 3.8) is 0 Å². The van der Waals surface area contributed by atoms with Gasteiger partial charge in [0.2, 0.25) is 5.95 Å². The van der Waals surface area contributed by atoms with E-state index in [0.29, 0.717) is 5.52 Å². The van der Waals surface area contributed by atoms with Crippen LogP contribution in [-0.2, 0) is 0 Å². The van der Waals surface area contributed by atoms with Gasteiger partial charge < -0.3 is 4.98 Å². The number of H-pyrrole nitrogens is 1. The van der Waals surface area contributed by atoms with E-state index in [4.69, 9.17) is 0 Å². The molecule has 0 aliphatic carbocycles. The topological polar surface area (TPSA) is 28.7 Å². The van der Waals surface area contributed by atoms with E-state index in [0.717, 1.165) is 10.9 Å². The minimum atomic E-state index is -0.435. The number of pyridine rings is 1. The molecular weight excluding hydrogens is 143 g/mol. The van der Waals surface area contributed by atoms with Crippen LogP contribution in [0.3, 0.4) is 0 Å². The maximum absolute atomic E-state index is 12.9. The smallest absolute Gasteiger partial charge is 0.237 e. The maximum Gasteiger partial charge on any atom is 0.237 e. The molecule has 11 heavy (non-hydrogen) atoms. The molecular formula is C8H7FN2. The van der Waals surface area contributed by atoms with Crippen molar-refractivity contribution in [3.05, 3.63) is 30.0 Å². The molecule has 0 amide bonds. The predicted molar refractivity (Wildman–Crippen MR) is 40.8 cm³/mol. The Kier molecular flexibility index (Phi) is 1.18. The second-order valence-electron chi connectivity index (χ2n) is 2.50. The first-order chi connectivity index (χ1) is 5.29. The molecule has 0 saturated carbocycles. The van der Waals surface area contributed by atoms with Gasteiger partial charge >= 0.3 is 0 Å². The average Bonchev–Trinajstić information content (AvgIpc) is 2.35. The number of nitrogens with zero attached hydrogens (tertiary/aromatic N) is 1. The first-order valence-corrected chi connectivity index (χ1v) is 3.37. The summed E-state index contributed by atoms with van der Waals surface area (Å²) in [4.78, 5) is 6.34. The van der Waals surface area contributed by atoms with Gasteiger partial charge in [0, 0.05) is 17.8 Å². The van der Waals surface area contributed by atoms with Crippen molar-refractivity contribution >= 4 is 10.9 Å². The molecule has 0 bridgehead atoms. The number of nitrogens with one attached hydrogen (secondary N) is 1. The molecule has 0 aliphatic heterocycles. The van der Waals surface area contributed by atoms with Gasteiger partial charge in [0.25, 0.3) is 0 Å². The van der Waals surface area contributed by atoms with Gasteiger partial charge in [-0.15, -0.1) is 0 Å². The van der Waals surface area contributed by atoms with Crippen LogP contribution in [0.2, 0.25) is 0 Å². The van der Waals surface area contributed by atoms with Gasteiger partial charge in [-0.25, -0.2) is 4.98 Å². The maximum atomic E-state index is 12.9. The van der Waals surface area contributed by atoms with E-state index in [1.54, 1.807) is 12.3 Å². The first kappa shape index (κ1) is 6.34. The molecule has 0 saturated heterocycles. The van der Waals surface area contributed by atoms with E-state index in [-0.39, 0.29) is 0 Å². The molecule has 0 aromatic carbocycles. The van der Waals surface area contributed by atoms with E-state index in [9.17, 15) is 4.39 Å². The van der Waals surface area contributed by atoms with Gasteiger partial charge in [0.15, 0.2) is 0 Å². The molecule has 2 aromatic heterocycles. The molecule has 0 spiro atoms. The number of hydrogen-bond donors (Lipinski definition) is 1. The van der Waals surface area contributed by atoms with Gasteiger partial charge in [-0.2, -0.15) is 4.39 Å². The lowest BCUT2D eigenvalue weighted by molar-refractivity contribution is 0.594. The zero-order valence-corrected chi connectivity index (χ0v) is 6.06. The molecule has 56 valence electrons. The Balaban J connectivity index is 2.94. The van der Waals surface area contributed by atoms with E-state index in [1.165, 1.54) is 6.20 Å². The van der Waals surface area contributed by atoms with Crippen LogP contribution in [0, 0.1) is 12.9 Å². The molecule has 2 nitrogen and oxygen atoms in total. The Bertz CT molecular complexity index is 392. The number of halogens is 1. The lowest BCUT2D eigenvalue weighted by Crippen LogP contribution is -1.81. The molecule has 0 fully saturated rings. The quantitative estimate of drug-likeness (QED) is 0.572. The van der Waals surface area contributed by atoms with Gasteiger partial charge in [-0.1, -0.05) is 0 Å². The number of fused-ring (bicyclic) bond motifs is 1. The molecule has 2 heterocycles. The van der Waals surface area contributed by atoms with Crippen molar-refractivity contribution in [2.24, 2.45) is 0 Å². The van der Waals surface area contributed by atoms with Gasteiger partial charge in [0.05, 0.1) is 0 Å². The second-order valence-corrected chi connectivity index (χ2v) is 2.50. The number of aromatic nitrogens is 2. The van der Waals surface area contributed by atoms with Crippen molar-refractivity contribution < 1.29 is 4.39 Å². The number of aromatic amines is 1. The van der Waals surface area contributed by atoms with E-state index < -0.39 is 5.95 Å². The highest BCUT2D eigenvalue weighted by atomic mass is 19.1. The molecule has 0 unspecified atom stereocenters. The van der Waals surface area contributed by atoms with Crippen molar-refractivity contribution in [2.45, 2.75) is 6.92 Å². The highest BCUT2D eigenvalue weighted by molar-refractivity contribution is 5.82. The molecule has 0 atom stereocenters. The summed E-state index contributed by atoms with van der Waals surface area (Å²) < 4.78 is 12.9. The lowest BCUT2D eigenvalue weighted by Gasteiger charge is -1.90. The Morgan fingerprint density at radius 2 is 2.36 bits per heavy atom. The summed E-state index contributed by atoms with van der Waals surface area (Å²) in [7, 11) is 0. The monoisotopic (exact) mass is 150 g/mol. The van der Waals surface area contributed by atoms with Gasteiger partial charge in [-0.3, -0.25) is 0 Å². The SMILES string of the molecule is Cc1c[nH]c2c(F)nccc12. The summed E-state index contributed by atoms with van der Waals surface area (Å²) in [6.07, 6.45) is 3.24. The van der Waals surface area contributed by atoms with E-state index in [1.807, 2.05) is 6.92 Å². The first-order valence-electron chi connectivity index (χ1n) is 3.37. The van der Waals surface area contributed by atoms with Crippen LogP contribution in [0.5, 0.6) is 0 Å². The number of rotatable bonds is 0. The summed E-state index contributed by atoms with van der Waals surface area (Å²) in [5.41, 5.74) is 1.53. The summed E-state index contributed by atoms with van der Waals surface area (Å²) >= 11 is 0. The van der Waals surface area contributed by atoms with Crippen molar-refractivity contribution in [2.75, 3.05) is 0 Å². The van der Waals surface area contributed by atoms with Crippen LogP contribution in [0.4, 0.5) is 4.39 Å². The highest BCUT2D eigenvalue weighted by Crippen LogP contribution is 2.17. The summed E-state index contributed by atoms with van der Waals surface area (Å²) in [5.74, 6) is -0.435. The van der Waals surface area contributed by atoms with Crippen LogP contribution in [-0.4, -0.2) is 9.97 Å². The molecule has 0 aliphatic rings. The van der Waals surface area contributed by atoms with Crippen molar-refractivity contribution in [1.82, 2.24) is 9.97 Å². The lowest BCUT2D eigenvalue weighted by atomic mass is 10.2. The minimum absolute atomic E-state index is 0.435. The van der Waals surface area contributed by atoms with Crippen molar-refractivity contribution in [1.29, 1.82) is 0 Å². The number of hydrogen-bond acceptors (Lipinski definition) is 1. The predicted octanol–water partition coefficient (Wildman–Crippen LogP) is 2.01. The van der Waals surface area contributed by atoms with Crippen molar-refractivity contribution in [3.8, 4) is 0 Å². The van der Waals surface area contributed by atoms with Crippen LogP contribution in [0.1, 0.15) is 5.56 Å².